The Morgan fingerprint density at radius 1 is 1.21 bits per heavy atom. The topological polar surface area (TPSA) is 149 Å². The first-order chi connectivity index (χ1) is 16.6. The molecular formula is C23H27N6O5+. The van der Waals surface area contributed by atoms with Gasteiger partial charge < -0.3 is 30.7 Å². The van der Waals surface area contributed by atoms with Crippen LogP contribution in [0.15, 0.2) is 47.1 Å². The number of rotatable bonds is 10. The number of nitrogens with two attached hydrogens (primary N) is 2. The number of para-hydroxylation sites is 1. The minimum absolute atomic E-state index is 0.0206. The standard InChI is InChI=1S/C23H26N6O5/c1-32-19-12-15(13-25-9-10-26-23(31)21-22(24)28-34-27-21)6-7-18(19)33-14-20(30)29-11-8-16-4-2-3-5-17(16)29/h2-7,12,25H,8-11,13-14H2,1H3,(H2,24,28)(H,26,31)/p+1. The number of nitrogens with zero attached hydrogens (tertiary/aromatic N) is 3. The fourth-order valence-electron chi connectivity index (χ4n) is 3.77. The van der Waals surface area contributed by atoms with E-state index >= 15 is 0 Å². The molecule has 0 saturated carbocycles. The van der Waals surface area contributed by atoms with Gasteiger partial charge in [0.05, 0.1) is 20.2 Å². The van der Waals surface area contributed by atoms with Crippen molar-refractivity contribution < 1.29 is 29.0 Å². The summed E-state index contributed by atoms with van der Waals surface area (Å²) in [6.07, 6.45) is 0.853. The van der Waals surface area contributed by atoms with Gasteiger partial charge in [0, 0.05) is 17.8 Å². The molecular weight excluding hydrogens is 440 g/mol. The zero-order valence-electron chi connectivity index (χ0n) is 18.8. The molecule has 1 aliphatic rings. The highest BCUT2D eigenvalue weighted by Gasteiger charge is 2.24. The number of aromatic nitrogens is 2. The normalized spacial score (nSPS) is 12.3. The summed E-state index contributed by atoms with van der Waals surface area (Å²) in [6.45, 7) is 2.33. The molecule has 34 heavy (non-hydrogen) atoms. The number of amides is 2. The highest BCUT2D eigenvalue weighted by Crippen LogP contribution is 2.30. The van der Waals surface area contributed by atoms with Gasteiger partial charge in [-0.15, -0.1) is 0 Å². The molecule has 2 heterocycles. The van der Waals surface area contributed by atoms with Crippen molar-refractivity contribution in [3.05, 3.63) is 59.3 Å². The van der Waals surface area contributed by atoms with Gasteiger partial charge in [-0.3, -0.25) is 9.59 Å². The largest absolute Gasteiger partial charge is 0.493 e. The molecule has 5 N–H and O–H groups in total. The van der Waals surface area contributed by atoms with Gasteiger partial charge in [0.25, 0.3) is 11.8 Å². The second-order valence-electron chi connectivity index (χ2n) is 7.73. The lowest BCUT2D eigenvalue weighted by Crippen LogP contribution is -2.84. The van der Waals surface area contributed by atoms with E-state index in [1.54, 1.807) is 18.1 Å². The molecule has 0 spiro atoms. The molecule has 1 aliphatic heterocycles. The molecule has 2 aromatic carbocycles. The van der Waals surface area contributed by atoms with Crippen molar-refractivity contribution in [3.63, 3.8) is 0 Å². The molecule has 0 fully saturated rings. The molecule has 0 unspecified atom stereocenters. The minimum atomic E-state index is -0.428. The maximum Gasteiger partial charge on any atom is 0.277 e. The molecule has 11 nitrogen and oxygen atoms in total. The second kappa shape index (κ2) is 10.7. The summed E-state index contributed by atoms with van der Waals surface area (Å²) < 4.78 is 15.7. The van der Waals surface area contributed by atoms with E-state index in [4.69, 9.17) is 15.2 Å². The number of methoxy groups -OCH3 is 1. The average Bonchev–Trinajstić information content (AvgIpc) is 3.48. The average molecular weight is 468 g/mol. The highest BCUT2D eigenvalue weighted by molar-refractivity contribution is 5.96. The van der Waals surface area contributed by atoms with Crippen molar-refractivity contribution in [3.8, 4) is 11.5 Å². The van der Waals surface area contributed by atoms with Gasteiger partial charge in [0.15, 0.2) is 18.1 Å². The van der Waals surface area contributed by atoms with E-state index in [9.17, 15) is 9.59 Å². The predicted octanol–water partition coefficient (Wildman–Crippen LogP) is 0.122. The zero-order valence-corrected chi connectivity index (χ0v) is 18.8. The van der Waals surface area contributed by atoms with Crippen LogP contribution in [0.1, 0.15) is 21.6 Å². The Morgan fingerprint density at radius 2 is 2.06 bits per heavy atom. The van der Waals surface area contributed by atoms with Crippen LogP contribution in [-0.4, -0.2) is 55.5 Å². The molecule has 4 rings (SSSR count). The smallest absolute Gasteiger partial charge is 0.277 e. The van der Waals surface area contributed by atoms with Crippen molar-refractivity contribution in [2.24, 2.45) is 0 Å². The summed E-state index contributed by atoms with van der Waals surface area (Å²) in [6, 6.07) is 13.5. The number of fused-ring (bicyclic) bond motifs is 1. The Labute approximate surface area is 196 Å². The molecule has 0 atom stereocenters. The molecule has 1 aromatic heterocycles. The number of nitrogen functional groups attached to an aromatic ring is 1. The van der Waals surface area contributed by atoms with E-state index in [-0.39, 0.29) is 24.0 Å². The van der Waals surface area contributed by atoms with E-state index in [0.29, 0.717) is 37.7 Å². The molecule has 11 heteroatoms. The molecule has 178 valence electrons. The van der Waals surface area contributed by atoms with Gasteiger partial charge in [-0.1, -0.05) is 18.2 Å². The third kappa shape index (κ3) is 5.26. The Bertz CT molecular complexity index is 1160. The number of carbonyl (C=O) groups is 2. The minimum Gasteiger partial charge on any atom is -0.493 e. The van der Waals surface area contributed by atoms with E-state index in [1.807, 2.05) is 41.7 Å². The summed E-state index contributed by atoms with van der Waals surface area (Å²) in [5.74, 6) is 0.515. The lowest BCUT2D eigenvalue weighted by molar-refractivity contribution is -0.668. The van der Waals surface area contributed by atoms with Gasteiger partial charge in [0.2, 0.25) is 11.5 Å². The molecule has 3 aromatic rings. The van der Waals surface area contributed by atoms with Crippen molar-refractivity contribution in [1.29, 1.82) is 0 Å². The van der Waals surface area contributed by atoms with Gasteiger partial charge in [0.1, 0.15) is 6.54 Å². The van der Waals surface area contributed by atoms with Crippen molar-refractivity contribution in [2.75, 3.05) is 44.0 Å². The van der Waals surface area contributed by atoms with E-state index in [1.165, 1.54) is 5.56 Å². The van der Waals surface area contributed by atoms with Crippen molar-refractivity contribution in [2.45, 2.75) is 13.0 Å². The second-order valence-corrected chi connectivity index (χ2v) is 7.73. The number of hydrogen-bond donors (Lipinski definition) is 3. The first kappa shape index (κ1) is 23.1. The van der Waals surface area contributed by atoms with E-state index in [0.717, 1.165) is 17.7 Å². The molecule has 0 aliphatic carbocycles. The van der Waals surface area contributed by atoms with E-state index in [2.05, 4.69) is 20.3 Å². The number of hydrogen-bond acceptors (Lipinski definition) is 8. The molecule has 0 bridgehead atoms. The van der Waals surface area contributed by atoms with Gasteiger partial charge in [-0.2, -0.15) is 0 Å². The summed E-state index contributed by atoms with van der Waals surface area (Å²) in [7, 11) is 1.56. The van der Waals surface area contributed by atoms with Crippen LogP contribution >= 0.6 is 0 Å². The third-order valence-electron chi connectivity index (χ3n) is 5.51. The molecule has 0 saturated heterocycles. The van der Waals surface area contributed by atoms with Crippen LogP contribution in [0.25, 0.3) is 0 Å². The number of quaternary nitrogens is 1. The maximum absolute atomic E-state index is 12.7. The number of ether oxygens (including phenoxy) is 2. The lowest BCUT2D eigenvalue weighted by Gasteiger charge is -2.18. The van der Waals surface area contributed by atoms with Crippen LogP contribution < -0.4 is 30.7 Å². The number of anilines is 2. The third-order valence-corrected chi connectivity index (χ3v) is 5.51. The zero-order chi connectivity index (χ0) is 23.9. The Kier molecular flexibility index (Phi) is 7.23. The quantitative estimate of drug-likeness (QED) is 0.356. The summed E-state index contributed by atoms with van der Waals surface area (Å²) >= 11 is 0. The van der Waals surface area contributed by atoms with E-state index < -0.39 is 5.91 Å². The van der Waals surface area contributed by atoms with Crippen LogP contribution in [0.2, 0.25) is 0 Å². The number of carbonyl (C=O) groups excluding carboxylic acids is 2. The van der Waals surface area contributed by atoms with Gasteiger partial charge in [-0.25, -0.2) is 4.63 Å². The Hall–Kier alpha value is -4.12. The van der Waals surface area contributed by atoms with Gasteiger partial charge in [-0.05, 0) is 46.6 Å². The van der Waals surface area contributed by atoms with Crippen LogP contribution in [0, 0.1) is 0 Å². The lowest BCUT2D eigenvalue weighted by atomic mass is 10.2. The number of nitrogens with one attached hydrogen (secondary N) is 1. The fourth-order valence-corrected chi connectivity index (χ4v) is 3.77. The SMILES string of the molecule is COc1cc(C[NH2+]CCNC(=O)c2nonc2N)ccc1OCC(=O)N1CCc2ccccc21. The van der Waals surface area contributed by atoms with Crippen LogP contribution in [0.4, 0.5) is 11.5 Å². The first-order valence-electron chi connectivity index (χ1n) is 10.9. The first-order valence-corrected chi connectivity index (χ1v) is 10.9. The van der Waals surface area contributed by atoms with Gasteiger partial charge >= 0.3 is 0 Å². The van der Waals surface area contributed by atoms with Crippen LogP contribution in [0.5, 0.6) is 11.5 Å². The monoisotopic (exact) mass is 467 g/mol. The molecule has 2 amide bonds. The summed E-state index contributed by atoms with van der Waals surface area (Å²) in [4.78, 5) is 26.4. The van der Waals surface area contributed by atoms with Crippen molar-refractivity contribution >= 4 is 23.3 Å². The Morgan fingerprint density at radius 3 is 2.85 bits per heavy atom. The maximum atomic E-state index is 12.7. The predicted molar refractivity (Wildman–Crippen MR) is 123 cm³/mol. The number of benzene rings is 2. The van der Waals surface area contributed by atoms with Crippen molar-refractivity contribution in [1.82, 2.24) is 15.6 Å². The van der Waals surface area contributed by atoms with Crippen LogP contribution in [0.3, 0.4) is 0 Å². The fraction of sp³-hybridized carbons (Fsp3) is 0.304. The summed E-state index contributed by atoms with van der Waals surface area (Å²) in [5.41, 5.74) is 8.61. The molecule has 0 radical (unpaired) electrons. The van der Waals surface area contributed by atoms with Crippen LogP contribution in [-0.2, 0) is 17.8 Å². The summed E-state index contributed by atoms with van der Waals surface area (Å²) in [5, 5.41) is 11.6. The highest BCUT2D eigenvalue weighted by atomic mass is 16.6. The Balaban J connectivity index is 1.23.